The van der Waals surface area contributed by atoms with Crippen molar-refractivity contribution in [1.29, 1.82) is 10.5 Å². The van der Waals surface area contributed by atoms with Crippen molar-refractivity contribution in [3.05, 3.63) is 82.9 Å². The first-order chi connectivity index (χ1) is 15.0. The quantitative estimate of drug-likeness (QED) is 0.321. The normalized spacial score (nSPS) is 16.9. The third kappa shape index (κ3) is 4.76. The van der Waals surface area contributed by atoms with E-state index in [4.69, 9.17) is 10.5 Å². The molecule has 0 fully saturated rings. The molecule has 0 spiro atoms. The molecule has 0 bridgehead atoms. The van der Waals surface area contributed by atoms with Gasteiger partial charge in [0.25, 0.3) is 0 Å². The Bertz CT molecular complexity index is 1130. The van der Waals surface area contributed by atoms with Gasteiger partial charge in [0.1, 0.15) is 0 Å². The van der Waals surface area contributed by atoms with Crippen LogP contribution in [-0.2, 0) is 12.4 Å². The standard InChI is InChI=1S/C22H10F6N4/c23-21(24,25)15-5-1-13(2-6-15)17-9-20(32-12-30)18(10-19(17)31-11-29)14-3-7-16(8-4-14)22(26,27)28/h1-10H/b31-19-,32-20-. The molecule has 0 heterocycles. The minimum atomic E-state index is -4.54. The maximum atomic E-state index is 12.8. The van der Waals surface area contributed by atoms with Crippen LogP contribution in [0.25, 0.3) is 11.1 Å². The fraction of sp³-hybridized carbons (Fsp3) is 0.0909. The third-order valence-corrected chi connectivity index (χ3v) is 4.50. The zero-order valence-electron chi connectivity index (χ0n) is 15.8. The molecule has 4 nitrogen and oxygen atoms in total. The average molecular weight is 444 g/mol. The van der Waals surface area contributed by atoms with Crippen LogP contribution in [0.15, 0.2) is 70.7 Å². The number of hydrogen-bond donors (Lipinski definition) is 0. The highest BCUT2D eigenvalue weighted by atomic mass is 19.4. The van der Waals surface area contributed by atoms with Gasteiger partial charge in [-0.1, -0.05) is 24.3 Å². The van der Waals surface area contributed by atoms with Crippen LogP contribution >= 0.6 is 0 Å². The van der Waals surface area contributed by atoms with E-state index in [0.717, 1.165) is 24.3 Å². The van der Waals surface area contributed by atoms with Gasteiger partial charge >= 0.3 is 12.4 Å². The number of aliphatic imine (C=N–C) groups is 2. The van der Waals surface area contributed by atoms with Crippen molar-refractivity contribution in [2.45, 2.75) is 12.4 Å². The Hall–Kier alpha value is -4.18. The lowest BCUT2D eigenvalue weighted by Gasteiger charge is -2.18. The lowest BCUT2D eigenvalue weighted by Crippen LogP contribution is -2.13. The van der Waals surface area contributed by atoms with Gasteiger partial charge in [-0.25, -0.2) is 0 Å². The molecule has 3 rings (SSSR count). The summed E-state index contributed by atoms with van der Waals surface area (Å²) < 4.78 is 77.1. The van der Waals surface area contributed by atoms with E-state index in [2.05, 4.69) is 9.98 Å². The first kappa shape index (κ1) is 22.5. The van der Waals surface area contributed by atoms with Gasteiger partial charge in [-0.2, -0.15) is 46.9 Å². The molecule has 0 atom stereocenters. The summed E-state index contributed by atoms with van der Waals surface area (Å²) in [7, 11) is 0. The summed E-state index contributed by atoms with van der Waals surface area (Å²) in [5.41, 5.74) is -0.625. The fourth-order valence-electron chi connectivity index (χ4n) is 3.01. The summed E-state index contributed by atoms with van der Waals surface area (Å²) in [6.45, 7) is 0. The smallest absolute Gasteiger partial charge is 0.173 e. The van der Waals surface area contributed by atoms with Crippen LogP contribution in [0.3, 0.4) is 0 Å². The van der Waals surface area contributed by atoms with Crippen LogP contribution in [0, 0.1) is 22.9 Å². The second-order valence-electron chi connectivity index (χ2n) is 6.46. The van der Waals surface area contributed by atoms with Gasteiger partial charge in [0.05, 0.1) is 22.6 Å². The summed E-state index contributed by atoms with van der Waals surface area (Å²) in [5.74, 6) is 0. The zero-order chi connectivity index (χ0) is 23.5. The maximum absolute atomic E-state index is 12.8. The molecule has 0 aliphatic heterocycles. The molecule has 10 heteroatoms. The van der Waals surface area contributed by atoms with E-state index in [1.54, 1.807) is 12.4 Å². The lowest BCUT2D eigenvalue weighted by molar-refractivity contribution is -0.138. The van der Waals surface area contributed by atoms with Crippen LogP contribution in [0.2, 0.25) is 0 Å². The van der Waals surface area contributed by atoms with Crippen molar-refractivity contribution in [2.24, 2.45) is 9.98 Å². The van der Waals surface area contributed by atoms with Crippen molar-refractivity contribution in [3.63, 3.8) is 0 Å². The number of halogens is 6. The number of nitrogens with zero attached hydrogens (tertiary/aromatic N) is 4. The van der Waals surface area contributed by atoms with Crippen molar-refractivity contribution in [3.8, 4) is 12.4 Å². The highest BCUT2D eigenvalue weighted by molar-refractivity contribution is 6.46. The number of allylic oxidation sites excluding steroid dienone is 4. The molecule has 160 valence electrons. The van der Waals surface area contributed by atoms with Gasteiger partial charge in [-0.15, -0.1) is 0 Å². The molecule has 0 saturated carbocycles. The van der Waals surface area contributed by atoms with Gasteiger partial charge in [0.2, 0.25) is 12.4 Å². The minimum Gasteiger partial charge on any atom is -0.173 e. The molecule has 0 radical (unpaired) electrons. The minimum absolute atomic E-state index is 0.0547. The first-order valence-corrected chi connectivity index (χ1v) is 8.77. The highest BCUT2D eigenvalue weighted by Crippen LogP contribution is 2.34. The second kappa shape index (κ2) is 8.52. The highest BCUT2D eigenvalue weighted by Gasteiger charge is 2.31. The Labute approximate surface area is 177 Å². The van der Waals surface area contributed by atoms with Gasteiger partial charge < -0.3 is 0 Å². The topological polar surface area (TPSA) is 72.3 Å². The molecule has 0 saturated heterocycles. The molecule has 1 aliphatic carbocycles. The van der Waals surface area contributed by atoms with Crippen LogP contribution in [0.5, 0.6) is 0 Å². The molecule has 1 aliphatic rings. The third-order valence-electron chi connectivity index (χ3n) is 4.50. The average Bonchev–Trinajstić information content (AvgIpc) is 2.74. The van der Waals surface area contributed by atoms with Gasteiger partial charge in [0, 0.05) is 11.1 Å². The van der Waals surface area contributed by atoms with Crippen LogP contribution in [0.4, 0.5) is 26.3 Å². The van der Waals surface area contributed by atoms with Crippen molar-refractivity contribution >= 4 is 22.6 Å². The molecule has 2 aromatic carbocycles. The van der Waals surface area contributed by atoms with Crippen LogP contribution in [-0.4, -0.2) is 11.4 Å². The van der Waals surface area contributed by atoms with E-state index in [1.807, 2.05) is 0 Å². The van der Waals surface area contributed by atoms with E-state index in [-0.39, 0.29) is 33.7 Å². The largest absolute Gasteiger partial charge is 0.416 e. The summed E-state index contributed by atoms with van der Waals surface area (Å²) in [5, 5.41) is 18.1. The Morgan fingerprint density at radius 1 is 0.562 bits per heavy atom. The molecule has 2 aromatic rings. The summed E-state index contributed by atoms with van der Waals surface area (Å²) >= 11 is 0. The molecule has 0 unspecified atom stereocenters. The molecular formula is C22H10F6N4. The van der Waals surface area contributed by atoms with E-state index >= 15 is 0 Å². The molecule has 0 N–H and O–H groups in total. The Kier molecular flexibility index (Phi) is 5.99. The summed E-state index contributed by atoms with van der Waals surface area (Å²) in [4.78, 5) is 7.35. The molecule has 32 heavy (non-hydrogen) atoms. The number of alkyl halides is 6. The predicted molar refractivity (Wildman–Crippen MR) is 105 cm³/mol. The lowest BCUT2D eigenvalue weighted by atomic mass is 9.87. The number of hydrogen-bond acceptors (Lipinski definition) is 4. The Balaban J connectivity index is 2.09. The number of rotatable bonds is 2. The zero-order valence-corrected chi connectivity index (χ0v) is 15.8. The van der Waals surface area contributed by atoms with E-state index in [9.17, 15) is 26.3 Å². The van der Waals surface area contributed by atoms with E-state index in [0.29, 0.717) is 0 Å². The summed E-state index contributed by atoms with van der Waals surface area (Å²) in [6, 6.07) is 8.16. The molecular weight excluding hydrogens is 434 g/mol. The van der Waals surface area contributed by atoms with Crippen molar-refractivity contribution < 1.29 is 26.3 Å². The Morgan fingerprint density at radius 3 is 1.12 bits per heavy atom. The fourth-order valence-corrected chi connectivity index (χ4v) is 3.01. The molecule has 0 amide bonds. The first-order valence-electron chi connectivity index (χ1n) is 8.77. The van der Waals surface area contributed by atoms with Gasteiger partial charge in [0.15, 0.2) is 0 Å². The summed E-state index contributed by atoms with van der Waals surface area (Å²) in [6.07, 6.45) is -3.21. The number of benzene rings is 2. The van der Waals surface area contributed by atoms with Gasteiger partial charge in [-0.3, -0.25) is 0 Å². The monoisotopic (exact) mass is 444 g/mol. The Morgan fingerprint density at radius 2 is 0.875 bits per heavy atom. The van der Waals surface area contributed by atoms with Gasteiger partial charge in [-0.05, 0) is 47.5 Å². The van der Waals surface area contributed by atoms with E-state index in [1.165, 1.54) is 36.4 Å². The van der Waals surface area contributed by atoms with Crippen molar-refractivity contribution in [1.82, 2.24) is 0 Å². The SMILES string of the molecule is N#C/N=C1C=C(c2ccc(C(F)(F)F)cc2)/C(=N\C#N)C=C/1c1ccc(C(F)(F)F)cc1. The second-order valence-corrected chi connectivity index (χ2v) is 6.46. The van der Waals surface area contributed by atoms with Crippen molar-refractivity contribution in [2.75, 3.05) is 0 Å². The van der Waals surface area contributed by atoms with Crippen LogP contribution < -0.4 is 0 Å². The van der Waals surface area contributed by atoms with E-state index < -0.39 is 23.5 Å². The number of nitriles is 2. The maximum Gasteiger partial charge on any atom is 0.416 e. The van der Waals surface area contributed by atoms with Crippen LogP contribution in [0.1, 0.15) is 22.3 Å². The molecule has 0 aromatic heterocycles. The predicted octanol–water partition coefficient (Wildman–Crippen LogP) is 6.05.